The highest BCUT2D eigenvalue weighted by Gasteiger charge is 2.40. The van der Waals surface area contributed by atoms with Gasteiger partial charge in [0.25, 0.3) is 0 Å². The van der Waals surface area contributed by atoms with Gasteiger partial charge in [-0.3, -0.25) is 9.59 Å². The van der Waals surface area contributed by atoms with E-state index in [0.717, 1.165) is 16.7 Å². The Balaban J connectivity index is 2.64. The molecule has 46 heavy (non-hydrogen) atoms. The van der Waals surface area contributed by atoms with Crippen LogP contribution in [0.4, 0.5) is 4.79 Å². The molecule has 3 amide bonds. The second kappa shape index (κ2) is 16.1. The Morgan fingerprint density at radius 3 is 1.78 bits per heavy atom. The summed E-state index contributed by atoms with van der Waals surface area (Å²) in [6.07, 6.45) is -0.181. The average Bonchev–Trinajstić information content (AvgIpc) is 2.88. The topological polar surface area (TPSA) is 114 Å². The van der Waals surface area contributed by atoms with Crippen LogP contribution in [0.3, 0.4) is 0 Å². The second-order valence-corrected chi connectivity index (χ2v) is 14.8. The number of ether oxygens (including phenoxy) is 2. The second-order valence-electron chi connectivity index (χ2n) is 14.8. The van der Waals surface area contributed by atoms with Gasteiger partial charge in [0, 0.05) is 12.5 Å². The summed E-state index contributed by atoms with van der Waals surface area (Å²) in [6, 6.07) is 11.6. The summed E-state index contributed by atoms with van der Waals surface area (Å²) in [5.74, 6) is -1.48. The van der Waals surface area contributed by atoms with Gasteiger partial charge in [0.15, 0.2) is 0 Å². The SMILES string of the molecule is Cc1cc(C)cc(C(C(=O)NC(Cc2ccccc2)C(=O)OC(C)(C)C)N(C(=O)C(CC(C)C)NC(=O)OC(C)(C)C)C(C)C)c1. The first-order valence-corrected chi connectivity index (χ1v) is 16.1. The van der Waals surface area contributed by atoms with Crippen molar-refractivity contribution in [3.8, 4) is 0 Å². The van der Waals surface area contributed by atoms with Crippen LogP contribution < -0.4 is 10.6 Å². The number of hydrogen-bond acceptors (Lipinski definition) is 6. The molecule has 254 valence electrons. The molecule has 2 rings (SSSR count). The van der Waals surface area contributed by atoms with E-state index in [1.807, 2.05) is 90.1 Å². The lowest BCUT2D eigenvalue weighted by Crippen LogP contribution is -2.57. The standard InChI is InChI=1S/C37H55N3O6/c1-23(2)18-29(39-35(44)46-37(10,11)12)33(42)40(24(3)4)31(28-20-25(5)19-26(6)21-28)32(41)38-30(34(43)45-36(7,8)9)22-27-16-14-13-15-17-27/h13-17,19-21,23-24,29-31H,18,22H2,1-12H3,(H,38,41)(H,39,44). The van der Waals surface area contributed by atoms with E-state index in [9.17, 15) is 19.2 Å². The van der Waals surface area contributed by atoms with E-state index in [1.54, 1.807) is 41.5 Å². The number of rotatable bonds is 12. The third-order valence-electron chi connectivity index (χ3n) is 6.88. The van der Waals surface area contributed by atoms with Gasteiger partial charge in [0.2, 0.25) is 11.8 Å². The number of carbonyl (C=O) groups is 4. The smallest absolute Gasteiger partial charge is 0.408 e. The van der Waals surface area contributed by atoms with Gasteiger partial charge in [-0.1, -0.05) is 73.5 Å². The first kappa shape index (κ1) is 38.3. The Kier molecular flexibility index (Phi) is 13.4. The summed E-state index contributed by atoms with van der Waals surface area (Å²) in [4.78, 5) is 56.9. The lowest BCUT2D eigenvalue weighted by Gasteiger charge is -2.38. The van der Waals surface area contributed by atoms with Crippen molar-refractivity contribution < 1.29 is 28.7 Å². The number of amides is 3. The molecular weight excluding hydrogens is 582 g/mol. The average molecular weight is 638 g/mol. The molecule has 0 radical (unpaired) electrons. The van der Waals surface area contributed by atoms with E-state index >= 15 is 0 Å². The normalized spacial score (nSPS) is 13.9. The van der Waals surface area contributed by atoms with Gasteiger partial charge < -0.3 is 25.0 Å². The van der Waals surface area contributed by atoms with Crippen LogP contribution in [-0.2, 0) is 30.3 Å². The molecule has 0 saturated heterocycles. The molecule has 2 aromatic rings. The molecule has 3 atom stereocenters. The number of hydrogen-bond donors (Lipinski definition) is 2. The van der Waals surface area contributed by atoms with Crippen molar-refractivity contribution in [2.45, 2.75) is 131 Å². The summed E-state index contributed by atoms with van der Waals surface area (Å²) in [5, 5.41) is 5.72. The lowest BCUT2D eigenvalue weighted by molar-refractivity contribution is -0.159. The first-order valence-electron chi connectivity index (χ1n) is 16.1. The molecule has 3 unspecified atom stereocenters. The van der Waals surface area contributed by atoms with Gasteiger partial charge in [-0.25, -0.2) is 9.59 Å². The van der Waals surface area contributed by atoms with Crippen LogP contribution in [0.5, 0.6) is 0 Å². The van der Waals surface area contributed by atoms with Crippen LogP contribution in [0, 0.1) is 19.8 Å². The molecule has 2 aromatic carbocycles. The molecule has 0 saturated carbocycles. The predicted molar refractivity (Wildman–Crippen MR) is 181 cm³/mol. The molecule has 2 N–H and O–H groups in total. The molecule has 0 aliphatic carbocycles. The number of alkyl carbamates (subject to hydrolysis) is 1. The Morgan fingerprint density at radius 1 is 0.761 bits per heavy atom. The largest absolute Gasteiger partial charge is 0.458 e. The first-order chi connectivity index (χ1) is 21.2. The fourth-order valence-electron chi connectivity index (χ4n) is 5.28. The molecule has 0 bridgehead atoms. The van der Waals surface area contributed by atoms with Gasteiger partial charge in [-0.05, 0) is 92.7 Å². The number of esters is 1. The maximum Gasteiger partial charge on any atom is 0.408 e. The van der Waals surface area contributed by atoms with Crippen LogP contribution in [0.1, 0.15) is 104 Å². The zero-order valence-corrected chi connectivity index (χ0v) is 29.8. The van der Waals surface area contributed by atoms with Crippen molar-refractivity contribution in [2.24, 2.45) is 5.92 Å². The third-order valence-corrected chi connectivity index (χ3v) is 6.88. The van der Waals surface area contributed by atoms with Crippen LogP contribution in [0.2, 0.25) is 0 Å². The van der Waals surface area contributed by atoms with Crippen molar-refractivity contribution >= 4 is 23.9 Å². The fraction of sp³-hybridized carbons (Fsp3) is 0.568. The maximum atomic E-state index is 14.5. The quantitative estimate of drug-likeness (QED) is 0.254. The molecule has 0 aliphatic heterocycles. The van der Waals surface area contributed by atoms with Crippen LogP contribution in [-0.4, -0.2) is 58.1 Å². The van der Waals surface area contributed by atoms with Crippen molar-refractivity contribution in [3.05, 3.63) is 70.8 Å². The fourth-order valence-corrected chi connectivity index (χ4v) is 5.28. The van der Waals surface area contributed by atoms with Gasteiger partial charge in [0.05, 0.1) is 0 Å². The number of nitrogens with one attached hydrogen (secondary N) is 2. The minimum absolute atomic E-state index is 0.0498. The van der Waals surface area contributed by atoms with Gasteiger partial charge >= 0.3 is 12.1 Å². The Morgan fingerprint density at radius 2 is 1.30 bits per heavy atom. The highest BCUT2D eigenvalue weighted by Crippen LogP contribution is 2.28. The van der Waals surface area contributed by atoms with Crippen molar-refractivity contribution in [1.82, 2.24) is 15.5 Å². The highest BCUT2D eigenvalue weighted by atomic mass is 16.6. The molecule has 9 heteroatoms. The van der Waals surface area contributed by atoms with E-state index < -0.39 is 59.2 Å². The Labute approximate surface area is 275 Å². The van der Waals surface area contributed by atoms with E-state index in [4.69, 9.17) is 9.47 Å². The summed E-state index contributed by atoms with van der Waals surface area (Å²) >= 11 is 0. The summed E-state index contributed by atoms with van der Waals surface area (Å²) in [6.45, 7) is 22.0. The number of benzene rings is 2. The maximum absolute atomic E-state index is 14.5. The van der Waals surface area contributed by atoms with Crippen LogP contribution in [0.15, 0.2) is 48.5 Å². The predicted octanol–water partition coefficient (Wildman–Crippen LogP) is 6.59. The summed E-state index contributed by atoms with van der Waals surface area (Å²) < 4.78 is 11.2. The molecule has 9 nitrogen and oxygen atoms in total. The highest BCUT2D eigenvalue weighted by molar-refractivity contribution is 5.94. The zero-order chi connectivity index (χ0) is 35.0. The van der Waals surface area contributed by atoms with Crippen molar-refractivity contribution in [1.29, 1.82) is 0 Å². The van der Waals surface area contributed by atoms with Gasteiger partial charge in [0.1, 0.15) is 29.3 Å². The Hall–Kier alpha value is -3.88. The number of aryl methyl sites for hydroxylation is 2. The summed E-state index contributed by atoms with van der Waals surface area (Å²) in [7, 11) is 0. The molecule has 0 spiro atoms. The van der Waals surface area contributed by atoms with Crippen LogP contribution >= 0.6 is 0 Å². The lowest BCUT2D eigenvalue weighted by atomic mass is 9.95. The molecule has 0 aliphatic rings. The van der Waals surface area contributed by atoms with E-state index in [-0.39, 0.29) is 12.3 Å². The number of carbonyl (C=O) groups excluding carboxylic acids is 4. The van der Waals surface area contributed by atoms with Crippen molar-refractivity contribution in [3.63, 3.8) is 0 Å². The van der Waals surface area contributed by atoms with E-state index in [0.29, 0.717) is 12.0 Å². The third kappa shape index (κ3) is 12.5. The summed E-state index contributed by atoms with van der Waals surface area (Å²) in [5.41, 5.74) is 1.74. The molecule has 0 fully saturated rings. The van der Waals surface area contributed by atoms with E-state index in [1.165, 1.54) is 4.90 Å². The van der Waals surface area contributed by atoms with Gasteiger partial charge in [-0.2, -0.15) is 0 Å². The molecular formula is C37H55N3O6. The minimum atomic E-state index is -1.11. The van der Waals surface area contributed by atoms with Crippen LogP contribution in [0.25, 0.3) is 0 Å². The molecule has 0 heterocycles. The monoisotopic (exact) mass is 637 g/mol. The van der Waals surface area contributed by atoms with Crippen molar-refractivity contribution in [2.75, 3.05) is 0 Å². The van der Waals surface area contributed by atoms with Gasteiger partial charge in [-0.15, -0.1) is 0 Å². The zero-order valence-electron chi connectivity index (χ0n) is 29.8. The van der Waals surface area contributed by atoms with E-state index in [2.05, 4.69) is 10.6 Å². The number of nitrogens with zero attached hydrogens (tertiary/aromatic N) is 1. The minimum Gasteiger partial charge on any atom is -0.458 e. The Bertz CT molecular complexity index is 1320. The molecule has 0 aromatic heterocycles.